The number of fused-ring (bicyclic) bond motifs is 1. The van der Waals surface area contributed by atoms with E-state index in [2.05, 4.69) is 46.5 Å². The second-order valence-electron chi connectivity index (χ2n) is 5.98. The van der Waals surface area contributed by atoms with Gasteiger partial charge < -0.3 is 5.32 Å². The lowest BCUT2D eigenvalue weighted by molar-refractivity contribution is 0.409. The van der Waals surface area contributed by atoms with Crippen LogP contribution in [-0.2, 0) is 13.0 Å². The average Bonchev–Trinajstić information content (AvgIpc) is 2.52. The molecular formula is C18H23N3. The molecule has 1 aromatic heterocycles. The van der Waals surface area contributed by atoms with Gasteiger partial charge in [-0.15, -0.1) is 0 Å². The summed E-state index contributed by atoms with van der Waals surface area (Å²) >= 11 is 0. The molecule has 0 radical (unpaired) electrons. The third-order valence-electron chi connectivity index (χ3n) is 4.45. The van der Waals surface area contributed by atoms with E-state index in [0.717, 1.165) is 18.1 Å². The van der Waals surface area contributed by atoms with Crippen molar-refractivity contribution in [2.24, 2.45) is 0 Å². The summed E-state index contributed by atoms with van der Waals surface area (Å²) in [5, 5.41) is 3.61. The normalized spacial score (nSPS) is 19.0. The molecule has 1 aromatic carbocycles. The molecule has 3 heteroatoms. The Balaban J connectivity index is 1.67. The summed E-state index contributed by atoms with van der Waals surface area (Å²) in [5.41, 5.74) is 4.07. The lowest BCUT2D eigenvalue weighted by atomic mass is 9.79. The van der Waals surface area contributed by atoms with Crippen LogP contribution >= 0.6 is 0 Å². The first-order valence-electron chi connectivity index (χ1n) is 7.84. The zero-order valence-electron chi connectivity index (χ0n) is 12.8. The molecule has 0 aliphatic heterocycles. The molecule has 21 heavy (non-hydrogen) atoms. The van der Waals surface area contributed by atoms with Crippen LogP contribution in [0.15, 0.2) is 36.5 Å². The monoisotopic (exact) mass is 281 g/mol. The number of aryl methyl sites for hydroxylation is 2. The van der Waals surface area contributed by atoms with E-state index in [4.69, 9.17) is 0 Å². The number of hydrogen-bond donors (Lipinski definition) is 1. The lowest BCUT2D eigenvalue weighted by Crippen LogP contribution is -2.34. The first-order chi connectivity index (χ1) is 10.2. The molecule has 1 aliphatic rings. The Morgan fingerprint density at radius 1 is 1.29 bits per heavy atom. The van der Waals surface area contributed by atoms with Crippen LogP contribution in [0.3, 0.4) is 0 Å². The number of rotatable bonds is 4. The summed E-state index contributed by atoms with van der Waals surface area (Å²) < 4.78 is 0. The minimum atomic E-state index is 0.440. The number of nitrogens with zero attached hydrogens (tertiary/aromatic N) is 2. The second-order valence-corrected chi connectivity index (χ2v) is 5.98. The summed E-state index contributed by atoms with van der Waals surface area (Å²) in [6.07, 6.45) is 5.61. The van der Waals surface area contributed by atoms with E-state index in [1.807, 2.05) is 19.2 Å². The maximum atomic E-state index is 4.46. The van der Waals surface area contributed by atoms with Crippen LogP contribution in [0.1, 0.15) is 48.3 Å². The van der Waals surface area contributed by atoms with Gasteiger partial charge in [-0.2, -0.15) is 0 Å². The number of aromatic nitrogens is 2. The Kier molecular flexibility index (Phi) is 4.30. The van der Waals surface area contributed by atoms with Crippen LogP contribution in [0.2, 0.25) is 0 Å². The molecule has 3 nitrogen and oxygen atoms in total. The highest BCUT2D eigenvalue weighted by atomic mass is 15.0. The minimum absolute atomic E-state index is 0.440. The average molecular weight is 281 g/mol. The molecule has 0 fully saturated rings. The Hall–Kier alpha value is -1.74. The Bertz CT molecular complexity index is 609. The van der Waals surface area contributed by atoms with E-state index < -0.39 is 0 Å². The molecular weight excluding hydrogens is 258 g/mol. The van der Waals surface area contributed by atoms with Crippen molar-refractivity contribution in [2.75, 3.05) is 0 Å². The van der Waals surface area contributed by atoms with E-state index >= 15 is 0 Å². The molecule has 1 unspecified atom stereocenters. The molecule has 1 heterocycles. The van der Waals surface area contributed by atoms with Gasteiger partial charge in [0.25, 0.3) is 0 Å². The van der Waals surface area contributed by atoms with Crippen molar-refractivity contribution in [3.05, 3.63) is 59.2 Å². The van der Waals surface area contributed by atoms with Gasteiger partial charge in [-0.05, 0) is 56.2 Å². The first-order valence-corrected chi connectivity index (χ1v) is 7.84. The molecule has 1 aliphatic carbocycles. The quantitative estimate of drug-likeness (QED) is 0.933. The van der Waals surface area contributed by atoms with Gasteiger partial charge in [-0.3, -0.25) is 0 Å². The molecule has 2 atom stereocenters. The molecule has 2 aromatic rings. The van der Waals surface area contributed by atoms with Crippen molar-refractivity contribution in [3.8, 4) is 0 Å². The third-order valence-corrected chi connectivity index (χ3v) is 4.45. The van der Waals surface area contributed by atoms with E-state index in [1.54, 1.807) is 0 Å². The molecule has 0 spiro atoms. The Morgan fingerprint density at radius 2 is 2.14 bits per heavy atom. The van der Waals surface area contributed by atoms with Gasteiger partial charge in [0.15, 0.2) is 0 Å². The molecule has 3 rings (SSSR count). The molecule has 0 amide bonds. The predicted octanol–water partition coefficient (Wildman–Crippen LogP) is 3.38. The van der Waals surface area contributed by atoms with Gasteiger partial charge in [0.2, 0.25) is 0 Å². The van der Waals surface area contributed by atoms with Crippen molar-refractivity contribution < 1.29 is 0 Å². The topological polar surface area (TPSA) is 37.8 Å². The van der Waals surface area contributed by atoms with Crippen LogP contribution in [0.25, 0.3) is 0 Å². The third kappa shape index (κ3) is 3.30. The molecule has 0 saturated heterocycles. The second kappa shape index (κ2) is 6.35. The predicted molar refractivity (Wildman–Crippen MR) is 85.2 cm³/mol. The smallest absolute Gasteiger partial charge is 0.142 e. The van der Waals surface area contributed by atoms with Crippen molar-refractivity contribution in [2.45, 2.75) is 51.6 Å². The SMILES string of the molecule is Cc1ccnc(CN[C@H](C)C2CCCc3ccccc32)n1. The highest BCUT2D eigenvalue weighted by Crippen LogP contribution is 2.33. The Morgan fingerprint density at radius 3 is 3.00 bits per heavy atom. The lowest BCUT2D eigenvalue weighted by Gasteiger charge is -2.31. The maximum Gasteiger partial charge on any atom is 0.142 e. The fourth-order valence-corrected chi connectivity index (χ4v) is 3.29. The zero-order valence-corrected chi connectivity index (χ0v) is 12.8. The first kappa shape index (κ1) is 14.2. The minimum Gasteiger partial charge on any atom is -0.307 e. The molecule has 110 valence electrons. The van der Waals surface area contributed by atoms with Gasteiger partial charge in [-0.25, -0.2) is 9.97 Å². The molecule has 0 saturated carbocycles. The maximum absolute atomic E-state index is 4.46. The van der Waals surface area contributed by atoms with Gasteiger partial charge in [0, 0.05) is 17.9 Å². The van der Waals surface area contributed by atoms with E-state index in [0.29, 0.717) is 12.0 Å². The summed E-state index contributed by atoms with van der Waals surface area (Å²) in [5.74, 6) is 1.48. The molecule has 1 N–H and O–H groups in total. The fraction of sp³-hybridized carbons (Fsp3) is 0.444. The van der Waals surface area contributed by atoms with Crippen LogP contribution in [0, 0.1) is 6.92 Å². The summed E-state index contributed by atoms with van der Waals surface area (Å²) in [6, 6.07) is 11.3. The highest BCUT2D eigenvalue weighted by Gasteiger charge is 2.24. The summed E-state index contributed by atoms with van der Waals surface area (Å²) in [6.45, 7) is 5.02. The van der Waals surface area contributed by atoms with Crippen molar-refractivity contribution >= 4 is 0 Å². The van der Waals surface area contributed by atoms with Gasteiger partial charge in [0.05, 0.1) is 6.54 Å². The van der Waals surface area contributed by atoms with Crippen LogP contribution in [-0.4, -0.2) is 16.0 Å². The van der Waals surface area contributed by atoms with Crippen LogP contribution in [0.4, 0.5) is 0 Å². The van der Waals surface area contributed by atoms with Gasteiger partial charge >= 0.3 is 0 Å². The van der Waals surface area contributed by atoms with E-state index in [9.17, 15) is 0 Å². The largest absolute Gasteiger partial charge is 0.307 e. The Labute approximate surface area is 126 Å². The van der Waals surface area contributed by atoms with Crippen LogP contribution < -0.4 is 5.32 Å². The fourth-order valence-electron chi connectivity index (χ4n) is 3.29. The zero-order chi connectivity index (χ0) is 14.7. The highest BCUT2D eigenvalue weighted by molar-refractivity contribution is 5.33. The van der Waals surface area contributed by atoms with Crippen molar-refractivity contribution in [1.29, 1.82) is 0 Å². The number of hydrogen-bond acceptors (Lipinski definition) is 3. The van der Waals surface area contributed by atoms with Crippen LogP contribution in [0.5, 0.6) is 0 Å². The summed E-state index contributed by atoms with van der Waals surface area (Å²) in [4.78, 5) is 8.79. The van der Waals surface area contributed by atoms with Crippen molar-refractivity contribution in [3.63, 3.8) is 0 Å². The van der Waals surface area contributed by atoms with Gasteiger partial charge in [-0.1, -0.05) is 24.3 Å². The summed E-state index contributed by atoms with van der Waals surface area (Å²) in [7, 11) is 0. The molecule has 0 bridgehead atoms. The van der Waals surface area contributed by atoms with E-state index in [1.165, 1.54) is 30.4 Å². The number of benzene rings is 1. The van der Waals surface area contributed by atoms with E-state index in [-0.39, 0.29) is 0 Å². The standard InChI is InChI=1S/C18H23N3/c1-13-10-11-19-18(21-13)12-20-14(2)16-9-5-7-15-6-3-4-8-17(15)16/h3-4,6,8,10-11,14,16,20H,5,7,9,12H2,1-2H3/t14-,16?/m1/s1. The van der Waals surface area contributed by atoms with Gasteiger partial charge in [0.1, 0.15) is 5.82 Å². The number of nitrogens with one attached hydrogen (secondary N) is 1. The van der Waals surface area contributed by atoms with Crippen molar-refractivity contribution in [1.82, 2.24) is 15.3 Å².